The predicted molar refractivity (Wildman–Crippen MR) is 169 cm³/mol. The number of nitrogens with zero attached hydrogens (tertiary/aromatic N) is 10. The van der Waals surface area contributed by atoms with Gasteiger partial charge in [0.25, 0.3) is 0 Å². The smallest absolute Gasteiger partial charge is 0.285 e. The fraction of sp³-hybridized carbons (Fsp3) is 0.667. The highest BCUT2D eigenvalue weighted by atomic mass is 32.3. The Kier molecular flexibility index (Phi) is 12.2. The molecule has 0 amide bonds. The van der Waals surface area contributed by atoms with Crippen LogP contribution in [-0.4, -0.2) is 69.5 Å². The minimum absolute atomic E-state index is 0.114. The molecule has 3 heterocycles. The van der Waals surface area contributed by atoms with Gasteiger partial charge in [0.1, 0.15) is 0 Å². The summed E-state index contributed by atoms with van der Waals surface area (Å²) < 4.78 is 40.3. The fourth-order valence-corrected chi connectivity index (χ4v) is 6.69. The van der Waals surface area contributed by atoms with Crippen molar-refractivity contribution >= 4 is 10.4 Å². The van der Waals surface area contributed by atoms with E-state index in [2.05, 4.69) is 84.8 Å². The normalized spacial score (nSPS) is 19.8. The third-order valence-corrected chi connectivity index (χ3v) is 9.03. The van der Waals surface area contributed by atoms with Crippen molar-refractivity contribution < 1.29 is 17.2 Å². The SMILES string of the molecule is C=CCC(CC)CCn1cc(CN(Cc2cn(CCCOS(=O)(=O)O)nn2)Cc2cn(C3(CC)CC(=C)CC(C)C3)nn2)nn1. The van der Waals surface area contributed by atoms with Gasteiger partial charge in [0.2, 0.25) is 0 Å². The van der Waals surface area contributed by atoms with Crippen molar-refractivity contribution in [3.05, 3.63) is 60.5 Å². The van der Waals surface area contributed by atoms with Crippen LogP contribution in [0.4, 0.5) is 0 Å². The number of hydrogen-bond donors (Lipinski definition) is 1. The number of aromatic nitrogens is 9. The highest BCUT2D eigenvalue weighted by Gasteiger charge is 2.37. The van der Waals surface area contributed by atoms with E-state index in [0.717, 1.165) is 68.6 Å². The first-order valence-electron chi connectivity index (χ1n) is 15.8. The number of allylic oxidation sites excluding steroid dienone is 2. The number of rotatable bonds is 19. The number of hydrogen-bond acceptors (Lipinski definition) is 10. The van der Waals surface area contributed by atoms with Crippen LogP contribution in [0, 0.1) is 11.8 Å². The van der Waals surface area contributed by atoms with E-state index >= 15 is 0 Å². The molecule has 0 aromatic carbocycles. The molecule has 3 unspecified atom stereocenters. The molecule has 3 aromatic heterocycles. The minimum Gasteiger partial charge on any atom is -0.285 e. The molecule has 45 heavy (non-hydrogen) atoms. The predicted octanol–water partition coefficient (Wildman–Crippen LogP) is 4.35. The van der Waals surface area contributed by atoms with E-state index in [9.17, 15) is 8.42 Å². The highest BCUT2D eigenvalue weighted by Crippen LogP contribution is 2.42. The maximum Gasteiger partial charge on any atom is 0.397 e. The molecule has 14 nitrogen and oxygen atoms in total. The van der Waals surface area contributed by atoms with Gasteiger partial charge in [-0.25, -0.2) is 8.86 Å². The average Bonchev–Trinajstić information content (AvgIpc) is 3.74. The summed E-state index contributed by atoms with van der Waals surface area (Å²) in [5.74, 6) is 1.12. The molecule has 248 valence electrons. The van der Waals surface area contributed by atoms with Gasteiger partial charge in [-0.1, -0.05) is 61.1 Å². The molecule has 3 atom stereocenters. The van der Waals surface area contributed by atoms with Crippen molar-refractivity contribution in [2.45, 2.75) is 110 Å². The van der Waals surface area contributed by atoms with Crippen LogP contribution < -0.4 is 0 Å². The summed E-state index contributed by atoms with van der Waals surface area (Å²) in [7, 11) is -4.46. The molecule has 0 saturated heterocycles. The summed E-state index contributed by atoms with van der Waals surface area (Å²) in [5, 5.41) is 26.5. The van der Waals surface area contributed by atoms with E-state index in [1.807, 2.05) is 23.2 Å². The quantitative estimate of drug-likeness (QED) is 0.112. The maximum atomic E-state index is 10.8. The van der Waals surface area contributed by atoms with Crippen molar-refractivity contribution in [2.75, 3.05) is 6.61 Å². The van der Waals surface area contributed by atoms with E-state index in [1.165, 1.54) is 5.57 Å². The summed E-state index contributed by atoms with van der Waals surface area (Å²) in [4.78, 5) is 2.19. The Bertz CT molecular complexity index is 1500. The lowest BCUT2D eigenvalue weighted by atomic mass is 9.73. The van der Waals surface area contributed by atoms with E-state index < -0.39 is 10.4 Å². The molecular formula is C30H48N10O4S. The Labute approximate surface area is 266 Å². The lowest BCUT2D eigenvalue weighted by Crippen LogP contribution is -2.39. The first-order valence-corrected chi connectivity index (χ1v) is 17.2. The molecule has 15 heteroatoms. The molecule has 1 saturated carbocycles. The van der Waals surface area contributed by atoms with Gasteiger partial charge in [-0.05, 0) is 56.8 Å². The highest BCUT2D eigenvalue weighted by molar-refractivity contribution is 7.80. The largest absolute Gasteiger partial charge is 0.397 e. The third-order valence-electron chi connectivity index (χ3n) is 8.57. The molecule has 1 aliphatic carbocycles. The van der Waals surface area contributed by atoms with Gasteiger partial charge in [-0.3, -0.25) is 18.8 Å². The van der Waals surface area contributed by atoms with Crippen LogP contribution >= 0.6 is 0 Å². The first kappa shape index (κ1) is 34.6. The Morgan fingerprint density at radius 1 is 1.07 bits per heavy atom. The second kappa shape index (κ2) is 15.8. The molecular weight excluding hydrogens is 596 g/mol. The van der Waals surface area contributed by atoms with Crippen molar-refractivity contribution in [2.24, 2.45) is 11.8 Å². The van der Waals surface area contributed by atoms with Crippen molar-refractivity contribution in [3.63, 3.8) is 0 Å². The maximum absolute atomic E-state index is 10.8. The first-order chi connectivity index (χ1) is 21.5. The summed E-state index contributed by atoms with van der Waals surface area (Å²) in [6.45, 7) is 17.4. The zero-order valence-electron chi connectivity index (χ0n) is 26.8. The van der Waals surface area contributed by atoms with Gasteiger partial charge >= 0.3 is 10.4 Å². The van der Waals surface area contributed by atoms with Crippen LogP contribution in [0.2, 0.25) is 0 Å². The summed E-state index contributed by atoms with van der Waals surface area (Å²) in [6.07, 6.45) is 15.3. The molecule has 1 aliphatic rings. The second-order valence-corrected chi connectivity index (χ2v) is 13.5. The van der Waals surface area contributed by atoms with Gasteiger partial charge in [-0.2, -0.15) is 8.42 Å². The topological polar surface area (TPSA) is 159 Å². The Balaban J connectivity index is 1.47. The zero-order valence-corrected chi connectivity index (χ0v) is 27.6. The van der Waals surface area contributed by atoms with Crippen molar-refractivity contribution in [3.8, 4) is 0 Å². The molecule has 0 aliphatic heterocycles. The molecule has 0 radical (unpaired) electrons. The average molecular weight is 645 g/mol. The van der Waals surface area contributed by atoms with Crippen LogP contribution in [0.1, 0.15) is 89.2 Å². The van der Waals surface area contributed by atoms with E-state index in [1.54, 1.807) is 4.68 Å². The van der Waals surface area contributed by atoms with Crippen molar-refractivity contribution in [1.29, 1.82) is 0 Å². The third kappa shape index (κ3) is 10.4. The van der Waals surface area contributed by atoms with Crippen LogP contribution in [0.25, 0.3) is 0 Å². The molecule has 3 aromatic rings. The summed E-state index contributed by atoms with van der Waals surface area (Å²) in [5.41, 5.74) is 3.58. The zero-order chi connectivity index (χ0) is 32.5. The Hall–Kier alpha value is -3.27. The summed E-state index contributed by atoms with van der Waals surface area (Å²) >= 11 is 0. The van der Waals surface area contributed by atoms with E-state index in [-0.39, 0.29) is 12.1 Å². The van der Waals surface area contributed by atoms with Crippen LogP contribution in [-0.2, 0) is 52.8 Å². The molecule has 1 N–H and O–H groups in total. The second-order valence-electron chi connectivity index (χ2n) is 12.5. The number of aryl methyl sites for hydroxylation is 2. The van der Waals surface area contributed by atoms with Gasteiger partial charge in [0.05, 0.1) is 35.4 Å². The molecule has 1 fully saturated rings. The Morgan fingerprint density at radius 2 is 1.69 bits per heavy atom. The molecule has 0 bridgehead atoms. The van der Waals surface area contributed by atoms with Crippen molar-refractivity contribution in [1.82, 2.24) is 49.9 Å². The van der Waals surface area contributed by atoms with E-state index in [4.69, 9.17) is 4.55 Å². The minimum atomic E-state index is -4.46. The van der Waals surface area contributed by atoms with Gasteiger partial charge in [0, 0.05) is 45.1 Å². The lowest BCUT2D eigenvalue weighted by Gasteiger charge is -2.40. The molecule has 4 rings (SSSR count). The Morgan fingerprint density at radius 3 is 2.27 bits per heavy atom. The van der Waals surface area contributed by atoms with Crippen LogP contribution in [0.3, 0.4) is 0 Å². The van der Waals surface area contributed by atoms with Crippen LogP contribution in [0.15, 0.2) is 43.4 Å². The monoisotopic (exact) mass is 644 g/mol. The van der Waals surface area contributed by atoms with Gasteiger partial charge < -0.3 is 0 Å². The van der Waals surface area contributed by atoms with Gasteiger partial charge in [0.15, 0.2) is 0 Å². The van der Waals surface area contributed by atoms with Crippen LogP contribution in [0.5, 0.6) is 0 Å². The standard InChI is InChI=1S/C30H48N10O4S/c1-6-10-26(7-2)11-13-39-22-28(32-35-39)19-37(18-27-21-38(34-31-27)12-9-14-44-45(41,42)43)20-29-23-40(36-33-29)30(8-3)16-24(4)15-25(5)17-30/h6,21-23,25-26H,1,4,7-20H2,2-3,5H3,(H,41,42,43). The van der Waals surface area contributed by atoms with Gasteiger partial charge in [-0.15, -0.1) is 21.9 Å². The lowest BCUT2D eigenvalue weighted by molar-refractivity contribution is 0.159. The molecule has 0 spiro atoms. The fourth-order valence-electron chi connectivity index (χ4n) is 6.36. The summed E-state index contributed by atoms with van der Waals surface area (Å²) in [6, 6.07) is 0. The van der Waals surface area contributed by atoms with E-state index in [0.29, 0.717) is 44.4 Å².